The summed E-state index contributed by atoms with van der Waals surface area (Å²) in [5.74, 6) is -0.504. The average Bonchev–Trinajstić information content (AvgIpc) is 2.96. The van der Waals surface area contributed by atoms with Gasteiger partial charge < -0.3 is 25.8 Å². The van der Waals surface area contributed by atoms with Crippen LogP contribution in [-0.2, 0) is 16.0 Å². The zero-order chi connectivity index (χ0) is 30.7. The molecule has 0 aromatic heterocycles. The zero-order valence-electron chi connectivity index (χ0n) is 24.6. The molecule has 2 aliphatic carbocycles. The molecule has 3 aromatic carbocycles. The number of anilines is 1. The van der Waals surface area contributed by atoms with E-state index in [1.165, 1.54) is 12.1 Å². The number of amides is 2. The molecule has 0 bridgehead atoms. The fourth-order valence-corrected chi connectivity index (χ4v) is 5.70. The van der Waals surface area contributed by atoms with E-state index in [-0.39, 0.29) is 41.7 Å². The highest BCUT2D eigenvalue weighted by atomic mass is 16.6. The van der Waals surface area contributed by atoms with Crippen molar-refractivity contribution in [3.05, 3.63) is 94.5 Å². The first-order valence-electron chi connectivity index (χ1n) is 14.6. The van der Waals surface area contributed by atoms with Gasteiger partial charge in [0.15, 0.2) is 11.6 Å². The van der Waals surface area contributed by atoms with Gasteiger partial charge in [0, 0.05) is 40.9 Å². The van der Waals surface area contributed by atoms with Gasteiger partial charge in [-0.2, -0.15) is 0 Å². The Hall–Kier alpha value is -4.66. The predicted octanol–water partition coefficient (Wildman–Crippen LogP) is 5.14. The number of aromatic hydroxyl groups is 1. The number of carbonyl (C=O) groups is 4. The molecule has 1 fully saturated rings. The number of hydrogen-bond donors (Lipinski definition) is 4. The summed E-state index contributed by atoms with van der Waals surface area (Å²) in [6.07, 6.45) is 2.45. The van der Waals surface area contributed by atoms with Gasteiger partial charge in [0.1, 0.15) is 17.4 Å². The Morgan fingerprint density at radius 3 is 2.09 bits per heavy atom. The summed E-state index contributed by atoms with van der Waals surface area (Å²) < 4.78 is 5.39. The predicted molar refractivity (Wildman–Crippen MR) is 163 cm³/mol. The molecule has 0 spiro atoms. The second-order valence-corrected chi connectivity index (χ2v) is 12.2. The molecule has 9 heteroatoms. The summed E-state index contributed by atoms with van der Waals surface area (Å²) in [5, 5.41) is 18.9. The number of alkyl carbamates (subject to hydrolysis) is 1. The van der Waals surface area contributed by atoms with E-state index < -0.39 is 17.7 Å². The summed E-state index contributed by atoms with van der Waals surface area (Å²) in [6.45, 7) is 5.27. The Balaban J connectivity index is 1.22. The normalized spacial score (nSPS) is 18.6. The quantitative estimate of drug-likeness (QED) is 0.237. The van der Waals surface area contributed by atoms with Crippen LogP contribution in [0.5, 0.6) is 5.75 Å². The van der Waals surface area contributed by atoms with Gasteiger partial charge in [0.05, 0.1) is 5.56 Å². The van der Waals surface area contributed by atoms with E-state index in [0.717, 1.165) is 18.4 Å². The molecule has 4 N–H and O–H groups in total. The summed E-state index contributed by atoms with van der Waals surface area (Å²) in [4.78, 5) is 52.4. The number of phenolic OH excluding ortho intramolecular Hbond substituents is 1. The van der Waals surface area contributed by atoms with Gasteiger partial charge in [-0.05, 0) is 70.2 Å². The van der Waals surface area contributed by atoms with Crippen molar-refractivity contribution in [1.29, 1.82) is 0 Å². The Kier molecular flexibility index (Phi) is 8.52. The van der Waals surface area contributed by atoms with E-state index in [9.17, 15) is 24.3 Å². The lowest BCUT2D eigenvalue weighted by Gasteiger charge is -2.32. The number of phenols is 1. The van der Waals surface area contributed by atoms with E-state index in [2.05, 4.69) is 16.0 Å². The van der Waals surface area contributed by atoms with Crippen molar-refractivity contribution in [2.45, 2.75) is 76.6 Å². The van der Waals surface area contributed by atoms with Crippen LogP contribution in [0.15, 0.2) is 66.7 Å². The largest absolute Gasteiger partial charge is 0.508 e. The molecule has 0 heterocycles. The van der Waals surface area contributed by atoms with Gasteiger partial charge in [-0.3, -0.25) is 14.4 Å². The van der Waals surface area contributed by atoms with Crippen molar-refractivity contribution in [3.63, 3.8) is 0 Å². The molecule has 1 saturated carbocycles. The molecule has 2 amide bonds. The summed E-state index contributed by atoms with van der Waals surface area (Å²) in [6, 6.07) is 17.8. The highest BCUT2D eigenvalue weighted by molar-refractivity contribution is 6.30. The van der Waals surface area contributed by atoms with E-state index >= 15 is 0 Å². The fraction of sp³-hybridized carbons (Fsp3) is 0.353. The van der Waals surface area contributed by atoms with Crippen LogP contribution in [0.1, 0.15) is 83.9 Å². The van der Waals surface area contributed by atoms with E-state index in [1.54, 1.807) is 69.3 Å². The molecule has 3 aromatic rings. The highest BCUT2D eigenvalue weighted by Crippen LogP contribution is 2.33. The van der Waals surface area contributed by atoms with Crippen LogP contribution in [0.3, 0.4) is 0 Å². The summed E-state index contributed by atoms with van der Waals surface area (Å²) in [7, 11) is 0. The maximum absolute atomic E-state index is 13.4. The molecular weight excluding hydrogens is 546 g/mol. The molecule has 2 aliphatic rings. The Labute approximate surface area is 251 Å². The molecular formula is C34H37N3O6. The summed E-state index contributed by atoms with van der Waals surface area (Å²) in [5.41, 5.74) is 2.38. The van der Waals surface area contributed by atoms with Crippen LogP contribution < -0.4 is 16.0 Å². The molecule has 5 rings (SSSR count). The Morgan fingerprint density at radius 1 is 0.837 bits per heavy atom. The minimum Gasteiger partial charge on any atom is -0.508 e. The molecule has 1 atom stereocenters. The maximum Gasteiger partial charge on any atom is 0.408 e. The van der Waals surface area contributed by atoms with Gasteiger partial charge in [-0.25, -0.2) is 4.79 Å². The minimum atomic E-state index is -0.863. The van der Waals surface area contributed by atoms with Crippen LogP contribution in [0.2, 0.25) is 0 Å². The van der Waals surface area contributed by atoms with Gasteiger partial charge in [-0.15, -0.1) is 0 Å². The highest BCUT2D eigenvalue weighted by Gasteiger charge is 2.33. The van der Waals surface area contributed by atoms with Crippen LogP contribution >= 0.6 is 0 Å². The van der Waals surface area contributed by atoms with Crippen LogP contribution in [0.25, 0.3) is 0 Å². The first-order chi connectivity index (χ1) is 20.5. The van der Waals surface area contributed by atoms with Crippen LogP contribution in [0, 0.1) is 0 Å². The van der Waals surface area contributed by atoms with E-state index in [4.69, 9.17) is 4.74 Å². The minimum absolute atomic E-state index is 0.0624. The topological polar surface area (TPSA) is 134 Å². The molecule has 0 radical (unpaired) electrons. The van der Waals surface area contributed by atoms with Crippen molar-refractivity contribution in [2.24, 2.45) is 0 Å². The smallest absolute Gasteiger partial charge is 0.408 e. The molecule has 0 aliphatic heterocycles. The number of ketones is 2. The van der Waals surface area contributed by atoms with Gasteiger partial charge >= 0.3 is 6.09 Å². The number of benzene rings is 3. The van der Waals surface area contributed by atoms with Gasteiger partial charge in [-0.1, -0.05) is 48.5 Å². The van der Waals surface area contributed by atoms with Gasteiger partial charge in [0.25, 0.3) is 0 Å². The van der Waals surface area contributed by atoms with Crippen LogP contribution in [-0.4, -0.2) is 52.4 Å². The zero-order valence-corrected chi connectivity index (χ0v) is 24.6. The van der Waals surface area contributed by atoms with Crippen molar-refractivity contribution in [3.8, 4) is 5.75 Å². The molecule has 0 unspecified atom stereocenters. The second kappa shape index (κ2) is 12.3. The average molecular weight is 584 g/mol. The maximum atomic E-state index is 13.4. The number of rotatable bonds is 7. The lowest BCUT2D eigenvalue weighted by atomic mass is 9.83. The first kappa shape index (κ1) is 29.8. The fourth-order valence-electron chi connectivity index (χ4n) is 5.70. The third-order valence-corrected chi connectivity index (χ3v) is 7.77. The summed E-state index contributed by atoms with van der Waals surface area (Å²) >= 11 is 0. The van der Waals surface area contributed by atoms with Crippen molar-refractivity contribution < 1.29 is 29.0 Å². The molecule has 224 valence electrons. The first-order valence-corrected chi connectivity index (χ1v) is 14.6. The van der Waals surface area contributed by atoms with E-state index in [0.29, 0.717) is 40.8 Å². The number of carbonyl (C=O) groups excluding carboxylic acids is 4. The number of nitrogens with one attached hydrogen (secondary N) is 3. The van der Waals surface area contributed by atoms with Crippen molar-refractivity contribution in [1.82, 2.24) is 10.6 Å². The third-order valence-electron chi connectivity index (χ3n) is 7.77. The number of hydrogen-bond acceptors (Lipinski definition) is 7. The van der Waals surface area contributed by atoms with Crippen LogP contribution in [0.4, 0.5) is 10.5 Å². The lowest BCUT2D eigenvalue weighted by molar-refractivity contribution is -0.124. The lowest BCUT2D eigenvalue weighted by Crippen LogP contribution is -2.52. The Morgan fingerprint density at radius 2 is 1.44 bits per heavy atom. The van der Waals surface area contributed by atoms with Gasteiger partial charge in [0.2, 0.25) is 5.91 Å². The molecule has 43 heavy (non-hydrogen) atoms. The number of ether oxygens (including phenoxy) is 1. The SMILES string of the molecule is CC(C)(C)OC(=O)N[C@@H](Cc1ccc(O)cc1)C(=O)NC1CCC(Nc2cccc3c2C(=O)c2ccccc2C3=O)CC1. The van der Waals surface area contributed by atoms with Crippen molar-refractivity contribution in [2.75, 3.05) is 5.32 Å². The Bertz CT molecular complexity index is 1530. The molecule has 9 nitrogen and oxygen atoms in total. The van der Waals surface area contributed by atoms with Crippen molar-refractivity contribution >= 4 is 29.3 Å². The number of fused-ring (bicyclic) bond motifs is 2. The molecule has 0 saturated heterocycles. The standard InChI is InChI=1S/C34H37N3O6/c1-34(2,3)43-33(42)37-28(19-20-11-17-23(38)18-12-20)32(41)36-22-15-13-21(14-16-22)35-27-10-6-9-26-29(27)31(40)25-8-5-4-7-24(25)30(26)39/h4-12,17-18,21-22,28,35,38H,13-16,19H2,1-3H3,(H,36,41)(H,37,42)/t21?,22?,28-/m0/s1. The third kappa shape index (κ3) is 7.05. The van der Waals surface area contributed by atoms with E-state index in [1.807, 2.05) is 6.07 Å². The second-order valence-electron chi connectivity index (χ2n) is 12.2. The monoisotopic (exact) mass is 583 g/mol.